The van der Waals surface area contributed by atoms with Gasteiger partial charge in [-0.25, -0.2) is 4.39 Å². The molecule has 1 heterocycles. The van der Waals surface area contributed by atoms with Crippen molar-refractivity contribution in [2.75, 3.05) is 5.32 Å². The number of carbonyl (C=O) groups is 2. The number of halogens is 1. The Kier molecular flexibility index (Phi) is 4.61. The van der Waals surface area contributed by atoms with E-state index < -0.39 is 17.3 Å². The fourth-order valence-electron chi connectivity index (χ4n) is 3.49. The second-order valence-corrected chi connectivity index (χ2v) is 6.80. The minimum Gasteiger partial charge on any atom is -0.325 e. The number of anilines is 1. The molecule has 1 aliphatic carbocycles. The number of hydrogen-bond acceptors (Lipinski definition) is 3. The quantitative estimate of drug-likeness (QED) is 0.732. The molecule has 140 valence electrons. The largest absolute Gasteiger partial charge is 0.325 e. The van der Waals surface area contributed by atoms with Crippen molar-refractivity contribution in [3.8, 4) is 0 Å². The average molecular weight is 376 g/mol. The predicted octanol–water partition coefficient (Wildman–Crippen LogP) is 3.68. The summed E-state index contributed by atoms with van der Waals surface area (Å²) in [4.78, 5) is 40.3. The van der Waals surface area contributed by atoms with Crippen LogP contribution in [0.3, 0.4) is 0 Å². The molecular weight excluding hydrogens is 359 g/mol. The van der Waals surface area contributed by atoms with Gasteiger partial charge in [-0.15, -0.1) is 0 Å². The van der Waals surface area contributed by atoms with Crippen LogP contribution in [0, 0.1) is 5.82 Å². The third-order valence-corrected chi connectivity index (χ3v) is 4.92. The normalized spacial score (nSPS) is 15.8. The summed E-state index contributed by atoms with van der Waals surface area (Å²) in [7, 11) is 0. The average Bonchev–Trinajstić information content (AvgIpc) is 2.69. The number of Topliss-reactive ketones (excluding diaryl/α,β-unsaturated/α-hetero) is 1. The first kappa shape index (κ1) is 17.9. The van der Waals surface area contributed by atoms with Gasteiger partial charge in [0.2, 0.25) is 0 Å². The molecule has 0 aliphatic heterocycles. The van der Waals surface area contributed by atoms with Crippen molar-refractivity contribution < 1.29 is 14.0 Å². The van der Waals surface area contributed by atoms with Crippen LogP contribution in [0.2, 0.25) is 0 Å². The molecule has 0 spiro atoms. The lowest BCUT2D eigenvalue weighted by Crippen LogP contribution is -2.29. The van der Waals surface area contributed by atoms with Crippen LogP contribution in [-0.4, -0.2) is 16.7 Å². The van der Waals surface area contributed by atoms with Crippen LogP contribution in [0.5, 0.6) is 0 Å². The van der Waals surface area contributed by atoms with E-state index in [2.05, 4.69) is 10.3 Å². The first-order valence-electron chi connectivity index (χ1n) is 8.92. The molecule has 2 aromatic carbocycles. The van der Waals surface area contributed by atoms with Gasteiger partial charge in [-0.2, -0.15) is 0 Å². The molecule has 4 rings (SSSR count). The highest BCUT2D eigenvalue weighted by Crippen LogP contribution is 2.31. The first-order chi connectivity index (χ1) is 13.5. The molecule has 5 nitrogen and oxygen atoms in total. The summed E-state index contributed by atoms with van der Waals surface area (Å²) in [5, 5.41) is 2.55. The fraction of sp³-hybridized carbons (Fsp3) is 0.136. The van der Waals surface area contributed by atoms with Crippen molar-refractivity contribution in [1.82, 2.24) is 4.98 Å². The number of carbonyl (C=O) groups excluding carboxylic acids is 2. The Hall–Kier alpha value is -3.54. The van der Waals surface area contributed by atoms with E-state index in [1.54, 1.807) is 0 Å². The molecule has 1 aliphatic rings. The molecule has 0 saturated heterocycles. The standard InChI is InChI=1S/C22H17FN2O3/c23-15-6-8-16(9-7-15)24-21(27)18-12-17-19(25-22(18)28)10-14(11-20(17)26)13-4-2-1-3-5-13/h1-9,12,14H,10-11H2,(H,24,27)(H,25,28)/t14-/m1/s1. The first-order valence-corrected chi connectivity index (χ1v) is 8.92. The van der Waals surface area contributed by atoms with Crippen molar-refractivity contribution in [1.29, 1.82) is 0 Å². The van der Waals surface area contributed by atoms with Crippen molar-refractivity contribution >= 4 is 17.4 Å². The highest BCUT2D eigenvalue weighted by atomic mass is 19.1. The Morgan fingerprint density at radius 1 is 1.00 bits per heavy atom. The van der Waals surface area contributed by atoms with E-state index in [0.29, 0.717) is 29.8 Å². The van der Waals surface area contributed by atoms with Crippen LogP contribution >= 0.6 is 0 Å². The van der Waals surface area contributed by atoms with Gasteiger partial charge in [0.15, 0.2) is 5.78 Å². The number of aromatic nitrogens is 1. The van der Waals surface area contributed by atoms with Crippen LogP contribution in [0.15, 0.2) is 65.5 Å². The molecule has 6 heteroatoms. The third kappa shape index (κ3) is 3.49. The Labute approximate surface area is 160 Å². The fourth-order valence-corrected chi connectivity index (χ4v) is 3.49. The summed E-state index contributed by atoms with van der Waals surface area (Å²) in [6.07, 6.45) is 0.849. The number of hydrogen-bond donors (Lipinski definition) is 2. The highest BCUT2D eigenvalue weighted by molar-refractivity contribution is 6.06. The maximum Gasteiger partial charge on any atom is 0.261 e. The van der Waals surface area contributed by atoms with Gasteiger partial charge >= 0.3 is 0 Å². The van der Waals surface area contributed by atoms with E-state index in [1.807, 2.05) is 30.3 Å². The molecule has 0 bridgehead atoms. The van der Waals surface area contributed by atoms with Gasteiger partial charge in [0.05, 0.1) is 0 Å². The van der Waals surface area contributed by atoms with E-state index in [1.165, 1.54) is 30.3 Å². The minimum atomic E-state index is -0.645. The Bertz CT molecular complexity index is 1100. The van der Waals surface area contributed by atoms with Gasteiger partial charge in [-0.1, -0.05) is 30.3 Å². The zero-order valence-electron chi connectivity index (χ0n) is 14.9. The molecule has 2 N–H and O–H groups in total. The van der Waals surface area contributed by atoms with Crippen molar-refractivity contribution in [2.45, 2.75) is 18.8 Å². The van der Waals surface area contributed by atoms with E-state index in [0.717, 1.165) is 5.56 Å². The van der Waals surface area contributed by atoms with Crippen molar-refractivity contribution in [2.24, 2.45) is 0 Å². The maximum atomic E-state index is 13.0. The second-order valence-electron chi connectivity index (χ2n) is 6.80. The van der Waals surface area contributed by atoms with Gasteiger partial charge in [0.1, 0.15) is 11.4 Å². The highest BCUT2D eigenvalue weighted by Gasteiger charge is 2.28. The number of benzene rings is 2. The third-order valence-electron chi connectivity index (χ3n) is 4.92. The number of aromatic amines is 1. The molecular formula is C22H17FN2O3. The summed E-state index contributed by atoms with van der Waals surface area (Å²) < 4.78 is 13.0. The van der Waals surface area contributed by atoms with Gasteiger partial charge in [0.25, 0.3) is 11.5 Å². The van der Waals surface area contributed by atoms with Gasteiger partial charge in [-0.3, -0.25) is 14.4 Å². The summed E-state index contributed by atoms with van der Waals surface area (Å²) in [6.45, 7) is 0. The smallest absolute Gasteiger partial charge is 0.261 e. The Morgan fingerprint density at radius 2 is 1.71 bits per heavy atom. The summed E-state index contributed by atoms with van der Waals surface area (Å²) in [5.74, 6) is -1.19. The van der Waals surface area contributed by atoms with Crippen LogP contribution < -0.4 is 10.9 Å². The van der Waals surface area contributed by atoms with Gasteiger partial charge in [-0.05, 0) is 48.2 Å². The molecule has 0 fully saturated rings. The van der Waals surface area contributed by atoms with Crippen LogP contribution in [-0.2, 0) is 6.42 Å². The van der Waals surface area contributed by atoms with Gasteiger partial charge < -0.3 is 10.3 Å². The van der Waals surface area contributed by atoms with Crippen LogP contribution in [0.25, 0.3) is 0 Å². The number of rotatable bonds is 3. The lowest BCUT2D eigenvalue weighted by molar-refractivity contribution is 0.0963. The maximum absolute atomic E-state index is 13.0. The molecule has 0 radical (unpaired) electrons. The number of pyridine rings is 1. The zero-order valence-corrected chi connectivity index (χ0v) is 14.9. The van der Waals surface area contributed by atoms with E-state index in [-0.39, 0.29) is 17.3 Å². The van der Waals surface area contributed by atoms with Gasteiger partial charge in [0, 0.05) is 23.4 Å². The summed E-state index contributed by atoms with van der Waals surface area (Å²) in [6, 6.07) is 16.2. The number of H-pyrrole nitrogens is 1. The van der Waals surface area contributed by atoms with Crippen molar-refractivity contribution in [3.63, 3.8) is 0 Å². The molecule has 1 atom stereocenters. The molecule has 28 heavy (non-hydrogen) atoms. The SMILES string of the molecule is O=C1C[C@H](c2ccccc2)Cc2[nH]c(=O)c(C(=O)Nc3ccc(F)cc3)cc21. The molecule has 0 unspecified atom stereocenters. The number of fused-ring (bicyclic) bond motifs is 1. The number of nitrogens with one attached hydrogen (secondary N) is 2. The predicted molar refractivity (Wildman–Crippen MR) is 103 cm³/mol. The lowest BCUT2D eigenvalue weighted by atomic mass is 9.81. The molecule has 3 aromatic rings. The molecule has 1 amide bonds. The van der Waals surface area contributed by atoms with Crippen LogP contribution in [0.4, 0.5) is 10.1 Å². The molecule has 1 aromatic heterocycles. The number of amides is 1. The van der Waals surface area contributed by atoms with Crippen molar-refractivity contribution in [3.05, 3.63) is 99.2 Å². The molecule has 0 saturated carbocycles. The topological polar surface area (TPSA) is 79.0 Å². The Morgan fingerprint density at radius 3 is 2.43 bits per heavy atom. The van der Waals surface area contributed by atoms with Crippen LogP contribution in [0.1, 0.15) is 44.3 Å². The zero-order chi connectivity index (χ0) is 19.7. The second kappa shape index (κ2) is 7.23. The number of ketones is 1. The Balaban J connectivity index is 1.62. The van der Waals surface area contributed by atoms with E-state index in [4.69, 9.17) is 0 Å². The monoisotopic (exact) mass is 376 g/mol. The van der Waals surface area contributed by atoms with E-state index >= 15 is 0 Å². The van der Waals surface area contributed by atoms with E-state index in [9.17, 15) is 18.8 Å². The lowest BCUT2D eigenvalue weighted by Gasteiger charge is -2.24. The minimum absolute atomic E-state index is 0.00394. The summed E-state index contributed by atoms with van der Waals surface area (Å²) in [5.41, 5.74) is 1.62. The summed E-state index contributed by atoms with van der Waals surface area (Å²) >= 11 is 0.